The highest BCUT2D eigenvalue weighted by Gasteiger charge is 2.25. The van der Waals surface area contributed by atoms with Gasteiger partial charge in [0.15, 0.2) is 0 Å². The summed E-state index contributed by atoms with van der Waals surface area (Å²) in [6, 6.07) is 14.2. The molecule has 112 valence electrons. The van der Waals surface area contributed by atoms with Crippen molar-refractivity contribution in [3.63, 3.8) is 0 Å². The van der Waals surface area contributed by atoms with Gasteiger partial charge in [0.1, 0.15) is 11.5 Å². The van der Waals surface area contributed by atoms with Crippen LogP contribution in [0.5, 0.6) is 11.5 Å². The summed E-state index contributed by atoms with van der Waals surface area (Å²) in [4.78, 5) is 0. The number of benzene rings is 2. The van der Waals surface area contributed by atoms with Crippen LogP contribution in [0.15, 0.2) is 42.5 Å². The average Bonchev–Trinajstić information content (AvgIpc) is 2.54. The van der Waals surface area contributed by atoms with Crippen molar-refractivity contribution in [2.24, 2.45) is 5.73 Å². The van der Waals surface area contributed by atoms with Crippen molar-refractivity contribution in [2.45, 2.75) is 25.8 Å². The summed E-state index contributed by atoms with van der Waals surface area (Å²) in [5, 5.41) is 0. The van der Waals surface area contributed by atoms with E-state index < -0.39 is 5.54 Å². The maximum absolute atomic E-state index is 6.59. The molecular weight excluding hydrogens is 262 g/mol. The molecule has 3 heteroatoms. The molecule has 0 bridgehead atoms. The van der Waals surface area contributed by atoms with Crippen molar-refractivity contribution < 1.29 is 9.47 Å². The summed E-state index contributed by atoms with van der Waals surface area (Å²) in [5.41, 5.74) is 9.31. The van der Waals surface area contributed by atoms with Gasteiger partial charge in [-0.05, 0) is 42.2 Å². The zero-order valence-electron chi connectivity index (χ0n) is 13.1. The van der Waals surface area contributed by atoms with E-state index in [2.05, 4.69) is 31.2 Å². The summed E-state index contributed by atoms with van der Waals surface area (Å²) in [5.74, 6) is 1.48. The van der Waals surface area contributed by atoms with Crippen LogP contribution in [0.2, 0.25) is 0 Å². The minimum absolute atomic E-state index is 0.603. The molecule has 1 unspecified atom stereocenters. The number of hydrogen-bond donors (Lipinski definition) is 1. The predicted molar refractivity (Wildman–Crippen MR) is 86.0 cm³/mol. The van der Waals surface area contributed by atoms with Gasteiger partial charge in [-0.1, -0.05) is 31.2 Å². The number of aryl methyl sites for hydroxylation is 1. The molecular formula is C18H23NO2. The number of hydrogen-bond acceptors (Lipinski definition) is 3. The maximum Gasteiger partial charge on any atom is 0.122 e. The second-order valence-electron chi connectivity index (χ2n) is 5.35. The highest BCUT2D eigenvalue weighted by atomic mass is 16.5. The molecule has 0 radical (unpaired) electrons. The quantitative estimate of drug-likeness (QED) is 0.914. The van der Waals surface area contributed by atoms with Gasteiger partial charge < -0.3 is 15.2 Å². The lowest BCUT2D eigenvalue weighted by atomic mass is 9.85. The van der Waals surface area contributed by atoms with Gasteiger partial charge >= 0.3 is 0 Å². The molecule has 0 aliphatic carbocycles. The topological polar surface area (TPSA) is 44.5 Å². The van der Waals surface area contributed by atoms with E-state index in [0.717, 1.165) is 29.0 Å². The largest absolute Gasteiger partial charge is 0.497 e. The van der Waals surface area contributed by atoms with E-state index in [1.54, 1.807) is 14.2 Å². The number of methoxy groups -OCH3 is 2. The molecule has 2 rings (SSSR count). The lowest BCUT2D eigenvalue weighted by Gasteiger charge is -2.27. The van der Waals surface area contributed by atoms with Crippen molar-refractivity contribution in [2.75, 3.05) is 14.2 Å². The van der Waals surface area contributed by atoms with Crippen molar-refractivity contribution in [3.8, 4) is 11.5 Å². The molecule has 0 aromatic heterocycles. The molecule has 0 saturated carbocycles. The lowest BCUT2D eigenvalue weighted by Crippen LogP contribution is -2.34. The smallest absolute Gasteiger partial charge is 0.122 e. The molecule has 0 saturated heterocycles. The third-order valence-corrected chi connectivity index (χ3v) is 3.91. The summed E-state index contributed by atoms with van der Waals surface area (Å²) in [6.45, 7) is 4.14. The first-order valence-electron chi connectivity index (χ1n) is 7.13. The van der Waals surface area contributed by atoms with Crippen LogP contribution in [-0.2, 0) is 12.0 Å². The zero-order chi connectivity index (χ0) is 15.5. The van der Waals surface area contributed by atoms with Crippen LogP contribution < -0.4 is 15.2 Å². The fourth-order valence-electron chi connectivity index (χ4n) is 2.36. The Bertz CT molecular complexity index is 581. The molecule has 0 heterocycles. The van der Waals surface area contributed by atoms with Crippen molar-refractivity contribution >= 4 is 0 Å². The van der Waals surface area contributed by atoms with E-state index in [-0.39, 0.29) is 0 Å². The summed E-state index contributed by atoms with van der Waals surface area (Å²) in [6.07, 6.45) is 1.02. The molecule has 2 N–H and O–H groups in total. The Balaban J connectivity index is 2.46. The number of rotatable bonds is 5. The fraction of sp³-hybridized carbons (Fsp3) is 0.333. The van der Waals surface area contributed by atoms with E-state index in [0.29, 0.717) is 0 Å². The second-order valence-corrected chi connectivity index (χ2v) is 5.35. The minimum Gasteiger partial charge on any atom is -0.497 e. The number of ether oxygens (including phenoxy) is 2. The fourth-order valence-corrected chi connectivity index (χ4v) is 2.36. The molecule has 0 fully saturated rings. The third kappa shape index (κ3) is 3.19. The van der Waals surface area contributed by atoms with E-state index in [1.807, 2.05) is 25.1 Å². The van der Waals surface area contributed by atoms with Crippen LogP contribution in [0.1, 0.15) is 30.5 Å². The molecule has 0 aliphatic rings. The summed E-state index contributed by atoms with van der Waals surface area (Å²) < 4.78 is 10.7. The average molecular weight is 285 g/mol. The molecule has 1 atom stereocenters. The first kappa shape index (κ1) is 15.4. The molecule has 2 aromatic carbocycles. The summed E-state index contributed by atoms with van der Waals surface area (Å²) in [7, 11) is 3.28. The predicted octanol–water partition coefficient (Wildman–Crippen LogP) is 3.49. The molecule has 0 spiro atoms. The molecule has 3 nitrogen and oxygen atoms in total. The van der Waals surface area contributed by atoms with Gasteiger partial charge in [-0.3, -0.25) is 0 Å². The van der Waals surface area contributed by atoms with Crippen LogP contribution in [0.3, 0.4) is 0 Å². The Hall–Kier alpha value is -2.00. The lowest BCUT2D eigenvalue weighted by molar-refractivity contribution is 0.391. The van der Waals surface area contributed by atoms with Crippen molar-refractivity contribution in [1.82, 2.24) is 0 Å². The third-order valence-electron chi connectivity index (χ3n) is 3.91. The SMILES string of the molecule is CCc1ccc(C(C)(N)c2cc(OC)cc(OC)c2)cc1. The van der Waals surface area contributed by atoms with Crippen LogP contribution in [-0.4, -0.2) is 14.2 Å². The Morgan fingerprint density at radius 2 is 1.43 bits per heavy atom. The van der Waals surface area contributed by atoms with Crippen molar-refractivity contribution in [1.29, 1.82) is 0 Å². The molecule has 0 aliphatic heterocycles. The van der Waals surface area contributed by atoms with Gasteiger partial charge in [-0.2, -0.15) is 0 Å². The van der Waals surface area contributed by atoms with E-state index in [4.69, 9.17) is 15.2 Å². The highest BCUT2D eigenvalue weighted by molar-refractivity contribution is 5.46. The van der Waals surface area contributed by atoms with Gasteiger partial charge in [-0.25, -0.2) is 0 Å². The minimum atomic E-state index is -0.603. The Morgan fingerprint density at radius 3 is 1.86 bits per heavy atom. The molecule has 2 aromatic rings. The maximum atomic E-state index is 6.59. The van der Waals surface area contributed by atoms with Crippen LogP contribution in [0, 0.1) is 0 Å². The van der Waals surface area contributed by atoms with E-state index in [9.17, 15) is 0 Å². The number of nitrogens with two attached hydrogens (primary N) is 1. The van der Waals surface area contributed by atoms with Gasteiger partial charge in [0.25, 0.3) is 0 Å². The Labute approximate surface area is 126 Å². The van der Waals surface area contributed by atoms with Crippen LogP contribution in [0.25, 0.3) is 0 Å². The van der Waals surface area contributed by atoms with Gasteiger partial charge in [-0.15, -0.1) is 0 Å². The van der Waals surface area contributed by atoms with E-state index >= 15 is 0 Å². The van der Waals surface area contributed by atoms with Gasteiger partial charge in [0.05, 0.1) is 19.8 Å². The Kier molecular flexibility index (Phi) is 4.53. The van der Waals surface area contributed by atoms with E-state index in [1.165, 1.54) is 5.56 Å². The summed E-state index contributed by atoms with van der Waals surface area (Å²) >= 11 is 0. The second kappa shape index (κ2) is 6.19. The highest BCUT2D eigenvalue weighted by Crippen LogP contribution is 2.32. The molecule has 0 amide bonds. The first-order valence-corrected chi connectivity index (χ1v) is 7.13. The Morgan fingerprint density at radius 1 is 0.905 bits per heavy atom. The normalized spacial score (nSPS) is 13.6. The van der Waals surface area contributed by atoms with Gasteiger partial charge in [0.2, 0.25) is 0 Å². The standard InChI is InChI=1S/C18H23NO2/c1-5-13-6-8-14(9-7-13)18(2,19)15-10-16(20-3)12-17(11-15)21-4/h6-12H,5,19H2,1-4H3. The first-order chi connectivity index (χ1) is 10.0. The zero-order valence-corrected chi connectivity index (χ0v) is 13.1. The molecule has 21 heavy (non-hydrogen) atoms. The van der Waals surface area contributed by atoms with Crippen LogP contribution in [0.4, 0.5) is 0 Å². The van der Waals surface area contributed by atoms with Gasteiger partial charge in [0, 0.05) is 6.07 Å². The van der Waals surface area contributed by atoms with Crippen molar-refractivity contribution in [3.05, 3.63) is 59.2 Å². The monoisotopic (exact) mass is 285 g/mol. The van der Waals surface area contributed by atoms with Crippen LogP contribution >= 0.6 is 0 Å².